The highest BCUT2D eigenvalue weighted by atomic mass is 32.1. The molecular weight excluding hydrogens is 316 g/mol. The summed E-state index contributed by atoms with van der Waals surface area (Å²) in [7, 11) is 0. The molecule has 0 saturated carbocycles. The molecule has 0 fully saturated rings. The third kappa shape index (κ3) is 2.28. The summed E-state index contributed by atoms with van der Waals surface area (Å²) in [4.78, 5) is 16.3. The second-order valence-electron chi connectivity index (χ2n) is 5.19. The van der Waals surface area contributed by atoms with Gasteiger partial charge in [-0.25, -0.2) is 4.98 Å². The van der Waals surface area contributed by atoms with Crippen molar-refractivity contribution < 1.29 is 9.53 Å². The number of hydrogen-bond donors (Lipinski definition) is 1. The van der Waals surface area contributed by atoms with Crippen molar-refractivity contribution in [1.82, 2.24) is 4.98 Å². The number of aromatic nitrogens is 1. The number of fused-ring (bicyclic) bond motifs is 2. The Kier molecular flexibility index (Phi) is 3.35. The maximum absolute atomic E-state index is 11.5. The molecule has 1 amide bonds. The molecule has 1 aliphatic rings. The molecule has 0 bridgehead atoms. The van der Waals surface area contributed by atoms with E-state index in [-0.39, 0.29) is 5.91 Å². The van der Waals surface area contributed by atoms with E-state index in [9.17, 15) is 4.79 Å². The number of thiazole rings is 1. The van der Waals surface area contributed by atoms with Crippen LogP contribution in [0.3, 0.4) is 0 Å². The van der Waals surface area contributed by atoms with Gasteiger partial charge in [-0.2, -0.15) is 0 Å². The van der Waals surface area contributed by atoms with Crippen molar-refractivity contribution >= 4 is 43.8 Å². The lowest BCUT2D eigenvalue weighted by Gasteiger charge is -2.13. The molecule has 112 valence electrons. The van der Waals surface area contributed by atoms with Gasteiger partial charge in [0, 0.05) is 12.5 Å². The first-order chi connectivity index (χ1) is 10.7. The van der Waals surface area contributed by atoms with E-state index in [1.54, 1.807) is 11.3 Å². The molecule has 0 aliphatic carbocycles. The number of ether oxygens (including phenoxy) is 1. The maximum Gasteiger partial charge on any atom is 0.221 e. The molecular formula is C16H14N2O2S2. The highest BCUT2D eigenvalue weighted by molar-refractivity contribution is 7.23. The molecule has 4 rings (SSSR count). The van der Waals surface area contributed by atoms with Crippen molar-refractivity contribution in [3.8, 4) is 15.6 Å². The molecule has 0 spiro atoms. The summed E-state index contributed by atoms with van der Waals surface area (Å²) in [6.07, 6.45) is 1.97. The van der Waals surface area contributed by atoms with Crippen molar-refractivity contribution in [2.45, 2.75) is 19.8 Å². The van der Waals surface area contributed by atoms with Gasteiger partial charge in [0.05, 0.1) is 22.4 Å². The lowest BCUT2D eigenvalue weighted by molar-refractivity contribution is -0.114. The van der Waals surface area contributed by atoms with Crippen molar-refractivity contribution in [3.63, 3.8) is 0 Å². The summed E-state index contributed by atoms with van der Waals surface area (Å²) in [5, 5.41) is 5.66. The Morgan fingerprint density at radius 1 is 1.32 bits per heavy atom. The van der Waals surface area contributed by atoms with Gasteiger partial charge in [0.15, 0.2) is 5.06 Å². The van der Waals surface area contributed by atoms with Crippen LogP contribution < -0.4 is 10.1 Å². The van der Waals surface area contributed by atoms with Gasteiger partial charge < -0.3 is 10.1 Å². The van der Waals surface area contributed by atoms with E-state index in [2.05, 4.69) is 11.4 Å². The highest BCUT2D eigenvalue weighted by Crippen LogP contribution is 2.49. The Morgan fingerprint density at radius 2 is 2.18 bits per heavy atom. The monoisotopic (exact) mass is 330 g/mol. The molecule has 6 heteroatoms. The third-order valence-electron chi connectivity index (χ3n) is 3.57. The van der Waals surface area contributed by atoms with Crippen molar-refractivity contribution in [2.24, 2.45) is 0 Å². The number of hydrogen-bond acceptors (Lipinski definition) is 5. The van der Waals surface area contributed by atoms with Crippen LogP contribution in [-0.4, -0.2) is 17.5 Å². The number of rotatable bonds is 2. The molecule has 2 aromatic heterocycles. The van der Waals surface area contributed by atoms with Crippen LogP contribution in [-0.2, 0) is 11.2 Å². The van der Waals surface area contributed by atoms with Gasteiger partial charge in [0.1, 0.15) is 10.0 Å². The minimum Gasteiger partial charge on any atom is -0.484 e. The number of para-hydroxylation sites is 1. The molecule has 0 atom stereocenters. The molecule has 0 unspecified atom stereocenters. The normalized spacial score (nSPS) is 13.7. The number of amides is 1. The van der Waals surface area contributed by atoms with Gasteiger partial charge in [-0.3, -0.25) is 4.79 Å². The maximum atomic E-state index is 11.5. The molecule has 3 aromatic rings. The van der Waals surface area contributed by atoms with Crippen LogP contribution in [0.15, 0.2) is 24.3 Å². The largest absolute Gasteiger partial charge is 0.484 e. The van der Waals surface area contributed by atoms with Crippen LogP contribution in [0.5, 0.6) is 5.06 Å². The fourth-order valence-corrected chi connectivity index (χ4v) is 4.94. The van der Waals surface area contributed by atoms with Crippen LogP contribution in [0.2, 0.25) is 0 Å². The van der Waals surface area contributed by atoms with Crippen LogP contribution in [0.4, 0.5) is 5.00 Å². The lowest BCUT2D eigenvalue weighted by Crippen LogP contribution is -2.07. The average Bonchev–Trinajstić information content (AvgIpc) is 3.06. The zero-order chi connectivity index (χ0) is 15.1. The van der Waals surface area contributed by atoms with Crippen molar-refractivity contribution in [1.29, 1.82) is 0 Å². The first-order valence-electron chi connectivity index (χ1n) is 7.14. The quantitative estimate of drug-likeness (QED) is 0.762. The minimum absolute atomic E-state index is 0.0686. The SMILES string of the molecule is CC(=O)Nc1sc2c(c1-c1nc3ccccc3s1)CCCO2. The van der Waals surface area contributed by atoms with Crippen LogP contribution in [0.1, 0.15) is 18.9 Å². The Labute approximate surface area is 135 Å². The van der Waals surface area contributed by atoms with E-state index >= 15 is 0 Å². The molecule has 4 nitrogen and oxygen atoms in total. The molecule has 0 saturated heterocycles. The first-order valence-corrected chi connectivity index (χ1v) is 8.77. The van der Waals surface area contributed by atoms with Gasteiger partial charge in [-0.15, -0.1) is 11.3 Å². The van der Waals surface area contributed by atoms with E-state index in [1.165, 1.54) is 23.8 Å². The standard InChI is InChI=1S/C16H14N2O2S2/c1-9(19)17-14-13(10-5-4-8-20-16(10)22-14)15-18-11-6-2-3-7-12(11)21-15/h2-3,6-7H,4-5,8H2,1H3,(H,17,19). The minimum atomic E-state index is -0.0686. The predicted octanol–water partition coefficient (Wildman–Crippen LogP) is 4.31. The molecule has 0 radical (unpaired) electrons. The average molecular weight is 330 g/mol. The molecule has 3 heterocycles. The molecule has 1 N–H and O–H groups in total. The van der Waals surface area contributed by atoms with E-state index in [0.29, 0.717) is 0 Å². The van der Waals surface area contributed by atoms with Gasteiger partial charge in [-0.05, 0) is 25.0 Å². The Hall–Kier alpha value is -1.92. The van der Waals surface area contributed by atoms with Crippen LogP contribution in [0.25, 0.3) is 20.8 Å². The second kappa shape index (κ2) is 5.37. The van der Waals surface area contributed by atoms with Crippen molar-refractivity contribution in [3.05, 3.63) is 29.8 Å². The predicted molar refractivity (Wildman–Crippen MR) is 91.1 cm³/mol. The summed E-state index contributed by atoms with van der Waals surface area (Å²) in [5.74, 6) is -0.0686. The topological polar surface area (TPSA) is 51.2 Å². The summed E-state index contributed by atoms with van der Waals surface area (Å²) in [5.41, 5.74) is 3.21. The number of benzene rings is 1. The number of carbonyl (C=O) groups excluding carboxylic acids is 1. The fraction of sp³-hybridized carbons (Fsp3) is 0.250. The van der Waals surface area contributed by atoms with Crippen LogP contribution >= 0.6 is 22.7 Å². The molecule has 1 aromatic carbocycles. The van der Waals surface area contributed by atoms with Gasteiger partial charge in [-0.1, -0.05) is 23.5 Å². The lowest BCUT2D eigenvalue weighted by atomic mass is 10.1. The summed E-state index contributed by atoms with van der Waals surface area (Å²) < 4.78 is 6.92. The van der Waals surface area contributed by atoms with E-state index in [0.717, 1.165) is 50.3 Å². The zero-order valence-corrected chi connectivity index (χ0v) is 13.6. The van der Waals surface area contributed by atoms with E-state index < -0.39 is 0 Å². The summed E-state index contributed by atoms with van der Waals surface area (Å²) >= 11 is 3.17. The number of carbonyl (C=O) groups is 1. The van der Waals surface area contributed by atoms with Gasteiger partial charge >= 0.3 is 0 Å². The Balaban J connectivity index is 1.91. The third-order valence-corrected chi connectivity index (χ3v) is 5.69. The zero-order valence-electron chi connectivity index (χ0n) is 12.0. The summed E-state index contributed by atoms with van der Waals surface area (Å²) in [6, 6.07) is 8.10. The van der Waals surface area contributed by atoms with Crippen LogP contribution in [0, 0.1) is 0 Å². The van der Waals surface area contributed by atoms with E-state index in [1.807, 2.05) is 18.2 Å². The second-order valence-corrected chi connectivity index (χ2v) is 7.21. The number of thiophene rings is 1. The van der Waals surface area contributed by atoms with Gasteiger partial charge in [0.25, 0.3) is 0 Å². The Bertz CT molecular complexity index is 833. The molecule has 22 heavy (non-hydrogen) atoms. The first kappa shape index (κ1) is 13.7. The molecule has 1 aliphatic heterocycles. The number of anilines is 1. The van der Waals surface area contributed by atoms with Gasteiger partial charge in [0.2, 0.25) is 5.91 Å². The fourth-order valence-electron chi connectivity index (χ4n) is 2.66. The Morgan fingerprint density at radius 3 is 3.00 bits per heavy atom. The van der Waals surface area contributed by atoms with E-state index in [4.69, 9.17) is 9.72 Å². The number of nitrogens with zero attached hydrogens (tertiary/aromatic N) is 1. The smallest absolute Gasteiger partial charge is 0.221 e. The highest BCUT2D eigenvalue weighted by Gasteiger charge is 2.25. The summed E-state index contributed by atoms with van der Waals surface area (Å²) in [6.45, 7) is 2.27. The van der Waals surface area contributed by atoms with Crippen molar-refractivity contribution in [2.75, 3.05) is 11.9 Å². The number of nitrogens with one attached hydrogen (secondary N) is 1.